The number of carboxylic acids is 1. The Morgan fingerprint density at radius 2 is 2.00 bits per heavy atom. The first-order valence-corrected chi connectivity index (χ1v) is 6.16. The molecule has 0 unspecified atom stereocenters. The fraction of sp³-hybridized carbons (Fsp3) is 0.667. The highest BCUT2D eigenvalue weighted by atomic mass is 16.4. The van der Waals surface area contributed by atoms with E-state index in [1.165, 1.54) is 25.7 Å². The van der Waals surface area contributed by atoms with E-state index in [0.717, 1.165) is 18.5 Å². The summed E-state index contributed by atoms with van der Waals surface area (Å²) in [5, 5.41) is 16.3. The Kier molecular flexibility index (Phi) is 4.01. The smallest absolute Gasteiger partial charge is 0.311 e. The molecule has 92 valence electrons. The monoisotopic (exact) mass is 235 g/mol. The first-order chi connectivity index (χ1) is 8.25. The van der Waals surface area contributed by atoms with E-state index >= 15 is 0 Å². The molecular formula is C12H17N3O2. The van der Waals surface area contributed by atoms with Crippen LogP contribution in [0.2, 0.25) is 0 Å². The highest BCUT2D eigenvalue weighted by Crippen LogP contribution is 2.29. The number of nitrogens with zero attached hydrogens (tertiary/aromatic N) is 3. The minimum absolute atomic E-state index is 0.145. The zero-order chi connectivity index (χ0) is 12.1. The zero-order valence-corrected chi connectivity index (χ0v) is 9.80. The van der Waals surface area contributed by atoms with Crippen LogP contribution in [0.1, 0.15) is 56.0 Å². The van der Waals surface area contributed by atoms with Gasteiger partial charge >= 0.3 is 5.97 Å². The summed E-state index contributed by atoms with van der Waals surface area (Å²) in [7, 11) is 0. The molecule has 0 aliphatic heterocycles. The molecular weight excluding hydrogens is 218 g/mol. The van der Waals surface area contributed by atoms with Crippen LogP contribution in [0.3, 0.4) is 0 Å². The average Bonchev–Trinajstić information content (AvgIpc) is 2.57. The first-order valence-electron chi connectivity index (χ1n) is 6.16. The topological polar surface area (TPSA) is 76.0 Å². The molecule has 5 heteroatoms. The van der Waals surface area contributed by atoms with E-state index in [1.54, 1.807) is 6.20 Å². The van der Waals surface area contributed by atoms with Gasteiger partial charge in [-0.3, -0.25) is 4.79 Å². The number of hydrogen-bond donors (Lipinski definition) is 1. The van der Waals surface area contributed by atoms with Crippen molar-refractivity contribution in [3.8, 4) is 0 Å². The van der Waals surface area contributed by atoms with Crippen LogP contribution in [0, 0.1) is 0 Å². The lowest BCUT2D eigenvalue weighted by molar-refractivity contribution is -0.136. The predicted molar refractivity (Wildman–Crippen MR) is 61.6 cm³/mol. The molecule has 0 radical (unpaired) electrons. The summed E-state index contributed by atoms with van der Waals surface area (Å²) in [5.41, 5.74) is 0.915. The SMILES string of the molecule is O=C(O)Cc1nncc(C2CCCCCC2)n1. The minimum atomic E-state index is -0.912. The summed E-state index contributed by atoms with van der Waals surface area (Å²) in [6.07, 6.45) is 8.82. The van der Waals surface area contributed by atoms with Crippen LogP contribution in [0.4, 0.5) is 0 Å². The fourth-order valence-corrected chi connectivity index (χ4v) is 2.34. The molecule has 1 fully saturated rings. The van der Waals surface area contributed by atoms with Gasteiger partial charge in [-0.25, -0.2) is 4.98 Å². The number of aromatic nitrogens is 3. The third-order valence-corrected chi connectivity index (χ3v) is 3.20. The molecule has 1 saturated carbocycles. The molecule has 5 nitrogen and oxygen atoms in total. The quantitative estimate of drug-likeness (QED) is 0.810. The molecule has 0 bridgehead atoms. The van der Waals surface area contributed by atoms with Gasteiger partial charge in [0.1, 0.15) is 6.42 Å². The lowest BCUT2D eigenvalue weighted by Gasteiger charge is -2.12. The maximum atomic E-state index is 10.6. The van der Waals surface area contributed by atoms with Crippen molar-refractivity contribution in [2.45, 2.75) is 50.9 Å². The van der Waals surface area contributed by atoms with Gasteiger partial charge in [0.25, 0.3) is 0 Å². The second kappa shape index (κ2) is 5.70. The number of carboxylic acid groups (broad SMARTS) is 1. The van der Waals surface area contributed by atoms with Crippen LogP contribution >= 0.6 is 0 Å². The van der Waals surface area contributed by atoms with E-state index < -0.39 is 5.97 Å². The summed E-state index contributed by atoms with van der Waals surface area (Å²) >= 11 is 0. The van der Waals surface area contributed by atoms with Crippen LogP contribution < -0.4 is 0 Å². The highest BCUT2D eigenvalue weighted by Gasteiger charge is 2.17. The van der Waals surface area contributed by atoms with E-state index in [-0.39, 0.29) is 6.42 Å². The summed E-state index contributed by atoms with van der Waals surface area (Å²) in [6.45, 7) is 0. The van der Waals surface area contributed by atoms with E-state index in [4.69, 9.17) is 5.11 Å². The van der Waals surface area contributed by atoms with Crippen molar-refractivity contribution in [2.75, 3.05) is 0 Å². The fourth-order valence-electron chi connectivity index (χ4n) is 2.34. The van der Waals surface area contributed by atoms with Crippen LogP contribution in [-0.2, 0) is 11.2 Å². The molecule has 1 aliphatic rings. The Morgan fingerprint density at radius 3 is 2.65 bits per heavy atom. The maximum absolute atomic E-state index is 10.6. The second-order valence-corrected chi connectivity index (χ2v) is 4.56. The van der Waals surface area contributed by atoms with Gasteiger partial charge < -0.3 is 5.11 Å². The van der Waals surface area contributed by atoms with Crippen molar-refractivity contribution < 1.29 is 9.90 Å². The Bertz CT molecular complexity index is 387. The van der Waals surface area contributed by atoms with Gasteiger partial charge in [0.05, 0.1) is 11.9 Å². The van der Waals surface area contributed by atoms with Crippen LogP contribution in [0.15, 0.2) is 6.20 Å². The third kappa shape index (κ3) is 3.47. The average molecular weight is 235 g/mol. The van der Waals surface area contributed by atoms with Crippen molar-refractivity contribution in [1.82, 2.24) is 15.2 Å². The standard InChI is InChI=1S/C12H17N3O2/c16-12(17)7-11-14-10(8-13-15-11)9-5-3-1-2-4-6-9/h8-9H,1-7H2,(H,16,17). The molecule has 1 N–H and O–H groups in total. The van der Waals surface area contributed by atoms with Crippen molar-refractivity contribution in [3.63, 3.8) is 0 Å². The molecule has 2 rings (SSSR count). The number of aliphatic carboxylic acids is 1. The second-order valence-electron chi connectivity index (χ2n) is 4.56. The van der Waals surface area contributed by atoms with Gasteiger partial charge in [-0.1, -0.05) is 25.7 Å². The lowest BCUT2D eigenvalue weighted by atomic mass is 9.97. The summed E-state index contributed by atoms with van der Waals surface area (Å²) < 4.78 is 0. The Morgan fingerprint density at radius 1 is 1.29 bits per heavy atom. The molecule has 17 heavy (non-hydrogen) atoms. The molecule has 0 amide bonds. The normalized spacial score (nSPS) is 17.6. The Hall–Kier alpha value is -1.52. The molecule has 1 aliphatic carbocycles. The predicted octanol–water partition coefficient (Wildman–Crippen LogP) is 1.94. The lowest BCUT2D eigenvalue weighted by Crippen LogP contribution is -2.10. The summed E-state index contributed by atoms with van der Waals surface area (Å²) in [6, 6.07) is 0. The molecule has 0 atom stereocenters. The largest absolute Gasteiger partial charge is 0.481 e. The molecule has 0 aromatic carbocycles. The highest BCUT2D eigenvalue weighted by molar-refractivity contribution is 5.68. The molecule has 0 spiro atoms. The maximum Gasteiger partial charge on any atom is 0.311 e. The van der Waals surface area contributed by atoms with Gasteiger partial charge in [-0.2, -0.15) is 5.10 Å². The number of rotatable bonds is 3. The third-order valence-electron chi connectivity index (χ3n) is 3.20. The van der Waals surface area contributed by atoms with Crippen molar-refractivity contribution >= 4 is 5.97 Å². The van der Waals surface area contributed by atoms with E-state index in [0.29, 0.717) is 11.7 Å². The molecule has 0 saturated heterocycles. The van der Waals surface area contributed by atoms with Crippen LogP contribution in [-0.4, -0.2) is 26.3 Å². The zero-order valence-electron chi connectivity index (χ0n) is 9.80. The minimum Gasteiger partial charge on any atom is -0.481 e. The number of hydrogen-bond acceptors (Lipinski definition) is 4. The summed E-state index contributed by atoms with van der Waals surface area (Å²) in [4.78, 5) is 14.9. The molecule has 1 aromatic rings. The van der Waals surface area contributed by atoms with E-state index in [2.05, 4.69) is 15.2 Å². The number of carbonyl (C=O) groups is 1. The van der Waals surface area contributed by atoms with Gasteiger partial charge in [0, 0.05) is 5.92 Å². The summed E-state index contributed by atoms with van der Waals surface area (Å²) in [5.74, 6) is -0.162. The molecule has 1 heterocycles. The van der Waals surface area contributed by atoms with Crippen molar-refractivity contribution in [2.24, 2.45) is 0 Å². The molecule has 1 aromatic heterocycles. The van der Waals surface area contributed by atoms with E-state index in [9.17, 15) is 4.79 Å². The Labute approximate surface area is 100 Å². The van der Waals surface area contributed by atoms with Crippen LogP contribution in [0.25, 0.3) is 0 Å². The van der Waals surface area contributed by atoms with Gasteiger partial charge in [-0.15, -0.1) is 5.10 Å². The van der Waals surface area contributed by atoms with Gasteiger partial charge in [0.2, 0.25) is 0 Å². The van der Waals surface area contributed by atoms with Gasteiger partial charge in [-0.05, 0) is 12.8 Å². The first kappa shape index (κ1) is 12.0. The van der Waals surface area contributed by atoms with Crippen molar-refractivity contribution in [3.05, 3.63) is 17.7 Å². The van der Waals surface area contributed by atoms with Gasteiger partial charge in [0.15, 0.2) is 5.82 Å². The van der Waals surface area contributed by atoms with E-state index in [1.807, 2.05) is 0 Å². The van der Waals surface area contributed by atoms with Crippen LogP contribution in [0.5, 0.6) is 0 Å². The Balaban J connectivity index is 2.11. The van der Waals surface area contributed by atoms with Crippen molar-refractivity contribution in [1.29, 1.82) is 0 Å².